The maximum absolute atomic E-state index is 13.4. The molecule has 0 radical (unpaired) electrons. The van der Waals surface area contributed by atoms with Crippen LogP contribution in [0.15, 0.2) is 83.8 Å². The van der Waals surface area contributed by atoms with Gasteiger partial charge in [0.1, 0.15) is 0 Å². The molecule has 0 aliphatic carbocycles. The summed E-state index contributed by atoms with van der Waals surface area (Å²) in [4.78, 5) is 29.4. The van der Waals surface area contributed by atoms with Crippen molar-refractivity contribution < 1.29 is 4.79 Å². The molecule has 5 rings (SSSR count). The Balaban J connectivity index is 1.53. The molecule has 0 aliphatic heterocycles. The molecule has 0 fully saturated rings. The average Bonchev–Trinajstić information content (AvgIpc) is 3.27. The van der Waals surface area contributed by atoms with E-state index in [0.29, 0.717) is 40.2 Å². The van der Waals surface area contributed by atoms with E-state index in [2.05, 4.69) is 20.6 Å². The number of nitrogens with one attached hydrogen (secondary N) is 2. The van der Waals surface area contributed by atoms with Crippen LogP contribution in [0, 0.1) is 0 Å². The van der Waals surface area contributed by atoms with E-state index in [4.69, 9.17) is 4.98 Å². The lowest BCUT2D eigenvalue weighted by molar-refractivity contribution is 0.102. The van der Waals surface area contributed by atoms with Gasteiger partial charge < -0.3 is 5.32 Å². The summed E-state index contributed by atoms with van der Waals surface area (Å²) in [6, 6.07) is 21.9. The zero-order chi connectivity index (χ0) is 22.8. The van der Waals surface area contributed by atoms with Gasteiger partial charge in [-0.2, -0.15) is 10.2 Å². The largest absolute Gasteiger partial charge is 0.322 e. The minimum Gasteiger partial charge on any atom is -0.322 e. The molecule has 3 aromatic heterocycles. The van der Waals surface area contributed by atoms with Crippen molar-refractivity contribution in [3.05, 3.63) is 94.9 Å². The van der Waals surface area contributed by atoms with Gasteiger partial charge in [0.2, 0.25) is 0 Å². The molecule has 0 saturated carbocycles. The Hall–Kier alpha value is -4.59. The standard InChI is InChI=1S/C25H20N6O2/c1-2-31-24-20(15-26-31)19(14-22(28-24)16-7-4-3-5-8-16)25(33)27-18-10-6-9-17(13-18)21-11-12-23(32)30-29-21/h3-15H,2H2,1H3,(H,27,33)(H,30,32). The maximum Gasteiger partial charge on any atom is 0.264 e. The summed E-state index contributed by atoms with van der Waals surface area (Å²) in [5, 5.41) is 14.5. The fourth-order valence-electron chi connectivity index (χ4n) is 3.68. The van der Waals surface area contributed by atoms with E-state index in [1.807, 2.05) is 55.5 Å². The lowest BCUT2D eigenvalue weighted by atomic mass is 10.1. The van der Waals surface area contributed by atoms with Crippen LogP contribution in [0.3, 0.4) is 0 Å². The molecule has 0 aliphatic rings. The molecule has 8 heteroatoms. The number of hydrogen-bond donors (Lipinski definition) is 2. The van der Waals surface area contributed by atoms with Crippen LogP contribution >= 0.6 is 0 Å². The normalized spacial score (nSPS) is 10.9. The second-order valence-electron chi connectivity index (χ2n) is 7.46. The summed E-state index contributed by atoms with van der Waals surface area (Å²) >= 11 is 0. The predicted octanol–water partition coefficient (Wildman–Crippen LogP) is 4.12. The van der Waals surface area contributed by atoms with Crippen molar-refractivity contribution in [3.8, 4) is 22.5 Å². The smallest absolute Gasteiger partial charge is 0.264 e. The third-order valence-corrected chi connectivity index (χ3v) is 5.32. The first-order chi connectivity index (χ1) is 16.1. The summed E-state index contributed by atoms with van der Waals surface area (Å²) < 4.78 is 1.78. The number of aryl methyl sites for hydroxylation is 1. The van der Waals surface area contributed by atoms with Crippen LogP contribution in [-0.2, 0) is 6.54 Å². The Labute approximate surface area is 188 Å². The first-order valence-corrected chi connectivity index (χ1v) is 10.5. The Kier molecular flexibility index (Phi) is 5.24. The molecule has 0 bridgehead atoms. The topological polar surface area (TPSA) is 106 Å². The highest BCUT2D eigenvalue weighted by Crippen LogP contribution is 2.26. The second-order valence-corrected chi connectivity index (χ2v) is 7.46. The molecule has 33 heavy (non-hydrogen) atoms. The van der Waals surface area contributed by atoms with Gasteiger partial charge in [-0.1, -0.05) is 42.5 Å². The van der Waals surface area contributed by atoms with Crippen molar-refractivity contribution in [2.45, 2.75) is 13.5 Å². The molecule has 2 N–H and O–H groups in total. The van der Waals surface area contributed by atoms with Gasteiger partial charge in [-0.25, -0.2) is 14.8 Å². The summed E-state index contributed by atoms with van der Waals surface area (Å²) in [6.07, 6.45) is 1.68. The average molecular weight is 436 g/mol. The Bertz CT molecular complexity index is 1500. The Morgan fingerprint density at radius 3 is 2.55 bits per heavy atom. The van der Waals surface area contributed by atoms with Crippen molar-refractivity contribution in [2.24, 2.45) is 0 Å². The predicted molar refractivity (Wildman–Crippen MR) is 127 cm³/mol. The molecular weight excluding hydrogens is 416 g/mol. The number of carbonyl (C=O) groups is 1. The summed E-state index contributed by atoms with van der Waals surface area (Å²) in [5.41, 5.74) is 4.49. The van der Waals surface area contributed by atoms with Crippen LogP contribution < -0.4 is 10.9 Å². The van der Waals surface area contributed by atoms with E-state index >= 15 is 0 Å². The van der Waals surface area contributed by atoms with Crippen LogP contribution in [0.25, 0.3) is 33.5 Å². The summed E-state index contributed by atoms with van der Waals surface area (Å²) in [6.45, 7) is 2.63. The van der Waals surface area contributed by atoms with Crippen LogP contribution in [0.1, 0.15) is 17.3 Å². The second kappa shape index (κ2) is 8.51. The number of amides is 1. The van der Waals surface area contributed by atoms with E-state index in [9.17, 15) is 9.59 Å². The number of benzene rings is 2. The molecule has 0 atom stereocenters. The monoisotopic (exact) mass is 436 g/mol. The van der Waals surface area contributed by atoms with Crippen LogP contribution in [0.2, 0.25) is 0 Å². The van der Waals surface area contributed by atoms with Crippen molar-refractivity contribution in [2.75, 3.05) is 5.32 Å². The van der Waals surface area contributed by atoms with Gasteiger partial charge in [-0.05, 0) is 31.2 Å². The number of H-pyrrole nitrogens is 1. The number of aromatic amines is 1. The lowest BCUT2D eigenvalue weighted by Gasteiger charge is -2.10. The number of nitrogens with zero attached hydrogens (tertiary/aromatic N) is 4. The Morgan fingerprint density at radius 1 is 0.970 bits per heavy atom. The maximum atomic E-state index is 13.4. The lowest BCUT2D eigenvalue weighted by Crippen LogP contribution is -2.13. The van der Waals surface area contributed by atoms with Gasteiger partial charge >= 0.3 is 0 Å². The molecule has 162 valence electrons. The third kappa shape index (κ3) is 4.01. The van der Waals surface area contributed by atoms with Gasteiger partial charge in [0, 0.05) is 29.4 Å². The van der Waals surface area contributed by atoms with Crippen molar-refractivity contribution >= 4 is 22.6 Å². The first kappa shape index (κ1) is 20.3. The van der Waals surface area contributed by atoms with E-state index in [0.717, 1.165) is 11.1 Å². The molecule has 3 heterocycles. The minimum absolute atomic E-state index is 0.262. The van der Waals surface area contributed by atoms with Gasteiger partial charge in [-0.3, -0.25) is 9.59 Å². The van der Waals surface area contributed by atoms with Gasteiger partial charge in [-0.15, -0.1) is 0 Å². The zero-order valence-electron chi connectivity index (χ0n) is 17.8. The van der Waals surface area contributed by atoms with Crippen molar-refractivity contribution in [1.29, 1.82) is 0 Å². The highest BCUT2D eigenvalue weighted by atomic mass is 16.1. The van der Waals surface area contributed by atoms with Crippen LogP contribution in [0.5, 0.6) is 0 Å². The first-order valence-electron chi connectivity index (χ1n) is 10.5. The third-order valence-electron chi connectivity index (χ3n) is 5.32. The molecule has 2 aromatic carbocycles. The van der Waals surface area contributed by atoms with Gasteiger partial charge in [0.15, 0.2) is 5.65 Å². The fraction of sp³-hybridized carbons (Fsp3) is 0.0800. The highest BCUT2D eigenvalue weighted by molar-refractivity contribution is 6.12. The van der Waals surface area contributed by atoms with Crippen molar-refractivity contribution in [3.63, 3.8) is 0 Å². The molecule has 0 spiro atoms. The highest BCUT2D eigenvalue weighted by Gasteiger charge is 2.17. The van der Waals surface area contributed by atoms with Crippen LogP contribution in [-0.4, -0.2) is 30.9 Å². The molecule has 8 nitrogen and oxygen atoms in total. The Morgan fingerprint density at radius 2 is 1.79 bits per heavy atom. The van der Waals surface area contributed by atoms with E-state index in [1.165, 1.54) is 6.07 Å². The molecule has 1 amide bonds. The summed E-state index contributed by atoms with van der Waals surface area (Å²) in [5.74, 6) is -0.262. The van der Waals surface area contributed by atoms with Gasteiger partial charge in [0.25, 0.3) is 11.5 Å². The fourth-order valence-corrected chi connectivity index (χ4v) is 3.68. The summed E-state index contributed by atoms with van der Waals surface area (Å²) in [7, 11) is 0. The van der Waals surface area contributed by atoms with E-state index < -0.39 is 0 Å². The number of pyridine rings is 1. The van der Waals surface area contributed by atoms with E-state index in [1.54, 1.807) is 29.1 Å². The minimum atomic E-state index is -0.272. The number of anilines is 1. The molecule has 0 saturated heterocycles. The van der Waals surface area contributed by atoms with E-state index in [-0.39, 0.29) is 11.5 Å². The van der Waals surface area contributed by atoms with Gasteiger partial charge in [0.05, 0.1) is 28.5 Å². The molecule has 5 aromatic rings. The quantitative estimate of drug-likeness (QED) is 0.431. The number of hydrogen-bond acceptors (Lipinski definition) is 5. The molecular formula is C25H20N6O2. The number of aromatic nitrogens is 5. The number of rotatable bonds is 5. The number of carbonyl (C=O) groups excluding carboxylic acids is 1. The zero-order valence-corrected chi connectivity index (χ0v) is 17.8. The SMILES string of the molecule is CCn1ncc2c(C(=O)Nc3cccc(-c4ccc(=O)[nH]n4)c3)cc(-c3ccccc3)nc21. The number of fused-ring (bicyclic) bond motifs is 1. The van der Waals surface area contributed by atoms with Crippen LogP contribution in [0.4, 0.5) is 5.69 Å². The molecule has 0 unspecified atom stereocenters. The van der Waals surface area contributed by atoms with Crippen molar-refractivity contribution in [1.82, 2.24) is 25.0 Å².